The molecule has 13 rings (SSSR count). The van der Waals surface area contributed by atoms with Gasteiger partial charge in [-0.15, -0.1) is 22.7 Å². The van der Waals surface area contributed by atoms with E-state index in [2.05, 4.69) is 234 Å². The lowest BCUT2D eigenvalue weighted by atomic mass is 9.91. The Balaban J connectivity index is 1.04. The average molecular weight is 869 g/mol. The van der Waals surface area contributed by atoms with Gasteiger partial charge in [0, 0.05) is 80.5 Å². The third-order valence-corrected chi connectivity index (χ3v) is 15.3. The van der Waals surface area contributed by atoms with Gasteiger partial charge in [-0.2, -0.15) is 0 Å². The second kappa shape index (κ2) is 15.5. The normalized spacial score (nSPS) is 13.7. The fourth-order valence-electron chi connectivity index (χ4n) is 9.93. The minimum absolute atomic E-state index is 0.0831. The molecule has 3 nitrogen and oxygen atoms in total. The zero-order valence-electron chi connectivity index (χ0n) is 35.3. The summed E-state index contributed by atoms with van der Waals surface area (Å²) >= 11 is 3.71. The number of hydrogen-bond acceptors (Lipinski definition) is 5. The summed E-state index contributed by atoms with van der Waals surface area (Å²) in [5.74, 6) is 0.906. The highest BCUT2D eigenvalue weighted by atomic mass is 32.1. The van der Waals surface area contributed by atoms with Gasteiger partial charge in [0.2, 0.25) is 0 Å². The van der Waals surface area contributed by atoms with Crippen molar-refractivity contribution in [1.82, 2.24) is 0 Å². The van der Waals surface area contributed by atoms with Crippen molar-refractivity contribution in [2.45, 2.75) is 12.5 Å². The summed E-state index contributed by atoms with van der Waals surface area (Å²) < 4.78 is 12.2. The Morgan fingerprint density at radius 2 is 0.846 bits per heavy atom. The smallest absolute Gasteiger partial charge is 0.155 e. The molecule has 0 bridgehead atoms. The Hall–Kier alpha value is -7.70. The van der Waals surface area contributed by atoms with E-state index in [0.717, 1.165) is 51.6 Å². The molecule has 308 valence electrons. The second-order valence-electron chi connectivity index (χ2n) is 16.8. The molecule has 1 aliphatic carbocycles. The summed E-state index contributed by atoms with van der Waals surface area (Å²) in [5.41, 5.74) is 12.3. The molecule has 12 aromatic rings. The van der Waals surface area contributed by atoms with Crippen molar-refractivity contribution >= 4 is 102 Å². The largest absolute Gasteiger partial charge is 0.454 e. The molecule has 9 aromatic carbocycles. The second-order valence-corrected chi connectivity index (χ2v) is 19.0. The number of fused-ring (bicyclic) bond motifs is 9. The van der Waals surface area contributed by atoms with Crippen LogP contribution >= 0.6 is 22.7 Å². The molecule has 0 aliphatic heterocycles. The van der Waals surface area contributed by atoms with Crippen LogP contribution in [0.5, 0.6) is 0 Å². The summed E-state index contributed by atoms with van der Waals surface area (Å²) in [6.45, 7) is 0. The van der Waals surface area contributed by atoms with Crippen LogP contribution in [0.15, 0.2) is 229 Å². The quantitative estimate of drug-likeness (QED) is 0.152. The van der Waals surface area contributed by atoms with Crippen molar-refractivity contribution < 1.29 is 4.42 Å². The zero-order valence-corrected chi connectivity index (χ0v) is 36.9. The Morgan fingerprint density at radius 1 is 0.385 bits per heavy atom. The number of furan rings is 1. The van der Waals surface area contributed by atoms with Crippen molar-refractivity contribution in [2.75, 3.05) is 9.80 Å². The average Bonchev–Trinajstić information content (AvgIpc) is 4.06. The van der Waals surface area contributed by atoms with E-state index in [0.29, 0.717) is 0 Å². The number of thiophene rings is 2. The lowest BCUT2D eigenvalue weighted by Crippen LogP contribution is -2.35. The molecule has 3 heterocycles. The highest BCUT2D eigenvalue weighted by Crippen LogP contribution is 2.47. The fraction of sp³-hybridized carbons (Fsp3) is 0.0333. The zero-order chi connectivity index (χ0) is 42.8. The molecule has 0 saturated heterocycles. The van der Waals surface area contributed by atoms with E-state index in [4.69, 9.17) is 4.42 Å². The molecule has 0 fully saturated rings. The number of anilines is 4. The molecule has 1 atom stereocenters. The Labute approximate surface area is 385 Å². The van der Waals surface area contributed by atoms with E-state index in [1.165, 1.54) is 68.2 Å². The Kier molecular flexibility index (Phi) is 9.03. The lowest BCUT2D eigenvalue weighted by Gasteiger charge is -2.37. The molecule has 5 heteroatoms. The van der Waals surface area contributed by atoms with Gasteiger partial charge in [0.1, 0.15) is 5.58 Å². The number of para-hydroxylation sites is 1. The summed E-state index contributed by atoms with van der Waals surface area (Å²) in [6.07, 6.45) is 3.22. The fourth-order valence-corrected chi connectivity index (χ4v) is 12.1. The minimum atomic E-state index is -0.0831. The molecule has 0 amide bonds. The maximum absolute atomic E-state index is 7.04. The molecule has 1 aliphatic rings. The van der Waals surface area contributed by atoms with E-state index in [1.807, 2.05) is 22.7 Å². The molecule has 0 spiro atoms. The van der Waals surface area contributed by atoms with Gasteiger partial charge in [0.05, 0.1) is 11.7 Å². The van der Waals surface area contributed by atoms with Gasteiger partial charge in [0.25, 0.3) is 0 Å². The van der Waals surface area contributed by atoms with E-state index >= 15 is 0 Å². The van der Waals surface area contributed by atoms with Gasteiger partial charge >= 0.3 is 0 Å². The molecule has 3 aromatic heterocycles. The van der Waals surface area contributed by atoms with Crippen LogP contribution < -0.4 is 9.80 Å². The van der Waals surface area contributed by atoms with Gasteiger partial charge in [-0.1, -0.05) is 140 Å². The number of benzene rings is 9. The molecule has 1 unspecified atom stereocenters. The first-order valence-corrected chi connectivity index (χ1v) is 23.8. The van der Waals surface area contributed by atoms with Gasteiger partial charge in [-0.05, 0) is 107 Å². The van der Waals surface area contributed by atoms with Crippen LogP contribution in [0.3, 0.4) is 0 Å². The topological polar surface area (TPSA) is 19.6 Å². The Bertz CT molecular complexity index is 3750. The van der Waals surface area contributed by atoms with Gasteiger partial charge < -0.3 is 14.2 Å². The molecular formula is C60H40N2OS2. The third-order valence-electron chi connectivity index (χ3n) is 13.0. The van der Waals surface area contributed by atoms with Crippen LogP contribution in [0.4, 0.5) is 22.7 Å². The van der Waals surface area contributed by atoms with Crippen LogP contribution in [-0.4, -0.2) is 6.04 Å². The third kappa shape index (κ3) is 6.54. The summed E-state index contributed by atoms with van der Waals surface area (Å²) in [5, 5.41) is 6.24. The molecule has 0 N–H and O–H groups in total. The van der Waals surface area contributed by atoms with Gasteiger partial charge in [-0.25, -0.2) is 0 Å². The van der Waals surface area contributed by atoms with Crippen LogP contribution in [-0.2, 0) is 6.42 Å². The highest BCUT2D eigenvalue weighted by molar-refractivity contribution is 7.26. The van der Waals surface area contributed by atoms with Crippen LogP contribution in [0.2, 0.25) is 0 Å². The van der Waals surface area contributed by atoms with Gasteiger partial charge in [-0.3, -0.25) is 0 Å². The van der Waals surface area contributed by atoms with Gasteiger partial charge in [0.15, 0.2) is 5.76 Å². The minimum Gasteiger partial charge on any atom is -0.454 e. The number of hydrogen-bond donors (Lipinski definition) is 0. The standard InChI is InChI=1S/C60H40N2OS2/c1-3-13-39(14-4-1)41-23-27-43(28-24-41)61(45-31-33-58-51(35-45)49-18-8-11-21-56(49)64-58)47-37-53-48-17-7-10-20-55(48)63-60(53)54(38-47)62(44-29-25-42(26-30-44)40-15-5-2-6-16-40)46-32-34-59-52(36-46)50-19-9-12-22-57(50)65-59/h1-36,38,47H,37H2. The maximum Gasteiger partial charge on any atom is 0.155 e. The predicted molar refractivity (Wildman–Crippen MR) is 278 cm³/mol. The predicted octanol–water partition coefficient (Wildman–Crippen LogP) is 17.4. The molecule has 65 heavy (non-hydrogen) atoms. The summed E-state index contributed by atoms with van der Waals surface area (Å²) in [7, 11) is 0. The van der Waals surface area contributed by atoms with Crippen molar-refractivity contribution in [1.29, 1.82) is 0 Å². The lowest BCUT2D eigenvalue weighted by molar-refractivity contribution is 0.582. The van der Waals surface area contributed by atoms with E-state index in [9.17, 15) is 0 Å². The van der Waals surface area contributed by atoms with E-state index in [1.54, 1.807) is 0 Å². The molecule has 0 radical (unpaired) electrons. The first-order valence-electron chi connectivity index (χ1n) is 22.2. The number of nitrogens with zero attached hydrogens (tertiary/aromatic N) is 2. The van der Waals surface area contributed by atoms with Crippen molar-refractivity contribution in [3.63, 3.8) is 0 Å². The van der Waals surface area contributed by atoms with Crippen molar-refractivity contribution in [3.05, 3.63) is 236 Å². The maximum atomic E-state index is 7.04. The summed E-state index contributed by atoms with van der Waals surface area (Å²) in [6, 6.07) is 79.4. The van der Waals surface area contributed by atoms with Crippen LogP contribution in [0.25, 0.3) is 79.3 Å². The number of rotatable bonds is 8. The van der Waals surface area contributed by atoms with Crippen molar-refractivity contribution in [3.8, 4) is 22.3 Å². The first-order chi connectivity index (χ1) is 32.2. The molecule has 0 saturated carbocycles. The molecular weight excluding hydrogens is 829 g/mol. The monoisotopic (exact) mass is 868 g/mol. The van der Waals surface area contributed by atoms with E-state index < -0.39 is 0 Å². The Morgan fingerprint density at radius 3 is 1.46 bits per heavy atom. The van der Waals surface area contributed by atoms with Crippen molar-refractivity contribution in [2.24, 2.45) is 0 Å². The SMILES string of the molecule is C1=C(N(c2ccc(-c3ccccc3)cc2)c2ccc3sc4ccccc4c3c2)c2oc3ccccc3c2CC1N(c1ccc(-c2ccccc2)cc1)c1ccc2sc3ccccc3c2c1. The first kappa shape index (κ1) is 37.8. The highest BCUT2D eigenvalue weighted by Gasteiger charge is 2.34. The van der Waals surface area contributed by atoms with Crippen LogP contribution in [0.1, 0.15) is 11.3 Å². The summed E-state index contributed by atoms with van der Waals surface area (Å²) in [4.78, 5) is 4.98. The van der Waals surface area contributed by atoms with Crippen LogP contribution in [0, 0.1) is 0 Å². The van der Waals surface area contributed by atoms with E-state index in [-0.39, 0.29) is 6.04 Å².